The Balaban J connectivity index is 0.00000261. The van der Waals surface area contributed by atoms with Crippen LogP contribution in [-0.4, -0.2) is 49.8 Å². The maximum atomic E-state index is 10.1. The first-order chi connectivity index (χ1) is 12.7. The zero-order chi connectivity index (χ0) is 18.5. The van der Waals surface area contributed by atoms with Gasteiger partial charge in [0.1, 0.15) is 0 Å². The van der Waals surface area contributed by atoms with E-state index in [2.05, 4.69) is 17.1 Å². The monoisotopic (exact) mass is 489 g/mol. The molecule has 0 spiro atoms. The highest BCUT2D eigenvalue weighted by molar-refractivity contribution is 14.0. The number of aromatic hydroxyl groups is 1. The lowest BCUT2D eigenvalue weighted by molar-refractivity contribution is 0.299. The minimum absolute atomic E-state index is 0. The van der Waals surface area contributed by atoms with Crippen molar-refractivity contribution in [2.75, 3.05) is 33.9 Å². The fourth-order valence-corrected chi connectivity index (χ4v) is 4.21. The number of aliphatic imine (C=N–C) groups is 1. The van der Waals surface area contributed by atoms with Crippen molar-refractivity contribution in [2.24, 2.45) is 16.8 Å². The third-order valence-electron chi connectivity index (χ3n) is 5.56. The second-order valence-electron chi connectivity index (χ2n) is 7.23. The lowest BCUT2D eigenvalue weighted by Crippen LogP contribution is -2.40. The van der Waals surface area contributed by atoms with Crippen molar-refractivity contribution in [2.45, 2.75) is 39.2 Å². The van der Waals surface area contributed by atoms with Crippen molar-refractivity contribution >= 4 is 29.9 Å². The summed E-state index contributed by atoms with van der Waals surface area (Å²) in [6.45, 7) is 5.69. The van der Waals surface area contributed by atoms with Gasteiger partial charge in [0, 0.05) is 19.6 Å². The van der Waals surface area contributed by atoms with Crippen LogP contribution < -0.4 is 14.8 Å². The van der Waals surface area contributed by atoms with Gasteiger partial charge in [-0.3, -0.25) is 0 Å². The summed E-state index contributed by atoms with van der Waals surface area (Å²) in [6, 6.07) is 3.63. The first-order valence-electron chi connectivity index (χ1n) is 9.63. The van der Waals surface area contributed by atoms with Gasteiger partial charge in [-0.15, -0.1) is 24.0 Å². The second-order valence-corrected chi connectivity index (χ2v) is 7.23. The van der Waals surface area contributed by atoms with E-state index in [0.717, 1.165) is 43.0 Å². The Morgan fingerprint density at radius 3 is 2.19 bits per heavy atom. The van der Waals surface area contributed by atoms with Gasteiger partial charge >= 0.3 is 0 Å². The van der Waals surface area contributed by atoms with Crippen LogP contribution in [0.5, 0.6) is 17.2 Å². The first kappa shape index (κ1) is 21.9. The highest BCUT2D eigenvalue weighted by Gasteiger charge is 2.35. The number of phenols is 1. The Labute approximate surface area is 179 Å². The molecule has 0 radical (unpaired) electrons. The summed E-state index contributed by atoms with van der Waals surface area (Å²) in [7, 11) is 3.08. The molecule has 1 aliphatic heterocycles. The van der Waals surface area contributed by atoms with Gasteiger partial charge < -0.3 is 24.8 Å². The Kier molecular flexibility index (Phi) is 8.31. The molecule has 2 unspecified atom stereocenters. The molecule has 2 atom stereocenters. The maximum Gasteiger partial charge on any atom is 0.200 e. The number of nitrogens with zero attached hydrogens (tertiary/aromatic N) is 2. The molecule has 1 saturated carbocycles. The number of fused-ring (bicyclic) bond motifs is 1. The molecule has 0 amide bonds. The third-order valence-corrected chi connectivity index (χ3v) is 5.56. The molecular weight excluding hydrogens is 457 g/mol. The van der Waals surface area contributed by atoms with E-state index in [9.17, 15) is 5.11 Å². The second kappa shape index (κ2) is 10.2. The normalized spacial score (nSPS) is 22.0. The minimum atomic E-state index is 0. The molecule has 1 aromatic rings. The van der Waals surface area contributed by atoms with E-state index in [0.29, 0.717) is 18.0 Å². The number of hydrogen-bond acceptors (Lipinski definition) is 4. The van der Waals surface area contributed by atoms with E-state index >= 15 is 0 Å². The molecule has 2 fully saturated rings. The molecule has 152 valence electrons. The molecule has 3 rings (SSSR count). The Hall–Kier alpha value is -1.38. The van der Waals surface area contributed by atoms with Gasteiger partial charge in [0.15, 0.2) is 17.5 Å². The van der Waals surface area contributed by atoms with Crippen molar-refractivity contribution in [1.82, 2.24) is 10.2 Å². The summed E-state index contributed by atoms with van der Waals surface area (Å²) in [4.78, 5) is 7.26. The van der Waals surface area contributed by atoms with Crippen LogP contribution in [0.1, 0.15) is 38.2 Å². The predicted molar refractivity (Wildman–Crippen MR) is 118 cm³/mol. The summed E-state index contributed by atoms with van der Waals surface area (Å²) in [5.74, 6) is 3.47. The standard InChI is InChI=1S/C20H31N3O3.HI/c1-4-21-20(23-12-15-7-5-6-8-16(15)13-23)22-11-14-9-17(25-2)19(24)18(10-14)26-3;/h9-10,15-16,24H,4-8,11-13H2,1-3H3,(H,21,22);1H. The topological polar surface area (TPSA) is 66.3 Å². The van der Waals surface area contributed by atoms with Gasteiger partial charge in [-0.1, -0.05) is 12.8 Å². The van der Waals surface area contributed by atoms with Gasteiger partial charge in [0.05, 0.1) is 20.8 Å². The summed E-state index contributed by atoms with van der Waals surface area (Å²) >= 11 is 0. The number of halogens is 1. The zero-order valence-corrected chi connectivity index (χ0v) is 18.9. The molecule has 7 heteroatoms. The highest BCUT2D eigenvalue weighted by Crippen LogP contribution is 2.38. The van der Waals surface area contributed by atoms with Crippen LogP contribution in [0.15, 0.2) is 17.1 Å². The van der Waals surface area contributed by atoms with Crippen LogP contribution in [0.2, 0.25) is 0 Å². The van der Waals surface area contributed by atoms with Crippen LogP contribution in [0, 0.1) is 11.8 Å². The van der Waals surface area contributed by atoms with Crippen LogP contribution in [0.3, 0.4) is 0 Å². The van der Waals surface area contributed by atoms with E-state index in [1.54, 1.807) is 0 Å². The molecule has 2 aliphatic rings. The summed E-state index contributed by atoms with van der Waals surface area (Å²) in [5.41, 5.74) is 0.948. The zero-order valence-electron chi connectivity index (χ0n) is 16.5. The predicted octanol–water partition coefficient (Wildman–Crippen LogP) is 3.61. The molecular formula is C20H32IN3O3. The Bertz CT molecular complexity index is 614. The molecule has 0 aromatic heterocycles. The summed E-state index contributed by atoms with van der Waals surface area (Å²) < 4.78 is 10.5. The molecule has 0 bridgehead atoms. The first-order valence-corrected chi connectivity index (χ1v) is 9.63. The number of hydrogen-bond donors (Lipinski definition) is 2. The molecule has 1 heterocycles. The number of phenolic OH excluding ortho intramolecular Hbond substituents is 1. The fourth-order valence-electron chi connectivity index (χ4n) is 4.21. The third kappa shape index (κ3) is 5.12. The average Bonchev–Trinajstić information content (AvgIpc) is 3.09. The van der Waals surface area contributed by atoms with E-state index in [1.165, 1.54) is 39.9 Å². The van der Waals surface area contributed by atoms with E-state index < -0.39 is 0 Å². The lowest BCUT2D eigenvalue weighted by Gasteiger charge is -2.22. The van der Waals surface area contributed by atoms with Crippen LogP contribution in [0.25, 0.3) is 0 Å². The largest absolute Gasteiger partial charge is 0.502 e. The summed E-state index contributed by atoms with van der Waals surface area (Å²) in [5, 5.41) is 13.5. The number of methoxy groups -OCH3 is 2. The number of guanidine groups is 1. The minimum Gasteiger partial charge on any atom is -0.502 e. The smallest absolute Gasteiger partial charge is 0.200 e. The molecule has 2 N–H and O–H groups in total. The number of nitrogens with one attached hydrogen (secondary N) is 1. The molecule has 27 heavy (non-hydrogen) atoms. The van der Waals surface area contributed by atoms with Gasteiger partial charge in [-0.05, 0) is 49.3 Å². The Morgan fingerprint density at radius 1 is 1.15 bits per heavy atom. The number of rotatable bonds is 5. The molecule has 6 nitrogen and oxygen atoms in total. The SMILES string of the molecule is CCNC(=NCc1cc(OC)c(O)c(OC)c1)N1CC2CCCCC2C1.I. The van der Waals surface area contributed by atoms with E-state index in [1.807, 2.05) is 12.1 Å². The fraction of sp³-hybridized carbons (Fsp3) is 0.650. The van der Waals surface area contributed by atoms with Crippen LogP contribution in [0.4, 0.5) is 0 Å². The van der Waals surface area contributed by atoms with Crippen molar-refractivity contribution in [3.8, 4) is 17.2 Å². The molecule has 1 aliphatic carbocycles. The maximum absolute atomic E-state index is 10.1. The van der Waals surface area contributed by atoms with Crippen molar-refractivity contribution in [3.05, 3.63) is 17.7 Å². The number of ether oxygens (including phenoxy) is 2. The van der Waals surface area contributed by atoms with Gasteiger partial charge in [0.2, 0.25) is 5.75 Å². The van der Waals surface area contributed by atoms with Gasteiger partial charge in [0.25, 0.3) is 0 Å². The van der Waals surface area contributed by atoms with E-state index in [4.69, 9.17) is 14.5 Å². The van der Waals surface area contributed by atoms with Crippen molar-refractivity contribution in [1.29, 1.82) is 0 Å². The van der Waals surface area contributed by atoms with Gasteiger partial charge in [-0.2, -0.15) is 0 Å². The number of benzene rings is 1. The molecule has 1 saturated heterocycles. The van der Waals surface area contributed by atoms with Crippen molar-refractivity contribution in [3.63, 3.8) is 0 Å². The summed E-state index contributed by atoms with van der Waals surface area (Å²) in [6.07, 6.45) is 5.45. The average molecular weight is 489 g/mol. The van der Waals surface area contributed by atoms with E-state index in [-0.39, 0.29) is 29.7 Å². The van der Waals surface area contributed by atoms with Crippen LogP contribution in [-0.2, 0) is 6.54 Å². The van der Waals surface area contributed by atoms with Crippen LogP contribution >= 0.6 is 24.0 Å². The van der Waals surface area contributed by atoms with Crippen molar-refractivity contribution < 1.29 is 14.6 Å². The quantitative estimate of drug-likeness (QED) is 0.376. The molecule has 1 aromatic carbocycles. The lowest BCUT2D eigenvalue weighted by atomic mass is 9.82. The highest BCUT2D eigenvalue weighted by atomic mass is 127. The number of likely N-dealkylation sites (tertiary alicyclic amines) is 1. The van der Waals surface area contributed by atoms with Gasteiger partial charge in [-0.25, -0.2) is 4.99 Å². The Morgan fingerprint density at radius 2 is 1.70 bits per heavy atom.